The Morgan fingerprint density at radius 2 is 1.82 bits per heavy atom. The summed E-state index contributed by atoms with van der Waals surface area (Å²) in [6.07, 6.45) is 1.32. The van der Waals surface area contributed by atoms with Crippen molar-refractivity contribution in [2.75, 3.05) is 0 Å². The molecule has 1 aromatic carbocycles. The molecule has 0 fully saturated rings. The van der Waals surface area contributed by atoms with Gasteiger partial charge in [0.25, 0.3) is 11.8 Å². The molecule has 1 aromatic heterocycles. The van der Waals surface area contributed by atoms with E-state index >= 15 is 0 Å². The molecule has 0 radical (unpaired) electrons. The quantitative estimate of drug-likeness (QED) is 0.775. The molecule has 0 saturated heterocycles. The minimum Gasteiger partial charge on any atom is -0.323 e. The Morgan fingerprint density at radius 1 is 1.18 bits per heavy atom. The van der Waals surface area contributed by atoms with Crippen LogP contribution in [0.25, 0.3) is 0 Å². The van der Waals surface area contributed by atoms with Crippen molar-refractivity contribution >= 4 is 17.8 Å². The average molecular weight is 296 g/mol. The molecule has 0 spiro atoms. The van der Waals surface area contributed by atoms with Crippen molar-refractivity contribution in [1.29, 1.82) is 5.26 Å². The fraction of sp³-hybridized carbons (Fsp3) is 0.0714. The predicted octanol–water partition coefficient (Wildman–Crippen LogP) is 0.775. The predicted molar refractivity (Wildman–Crippen MR) is 70.2 cm³/mol. The fourth-order valence-electron chi connectivity index (χ4n) is 2.08. The lowest BCUT2D eigenvalue weighted by Gasteiger charge is -2.12. The molecule has 8 nitrogen and oxygen atoms in total. The highest BCUT2D eigenvalue weighted by atomic mass is 16.7. The maximum atomic E-state index is 12.1. The summed E-state index contributed by atoms with van der Waals surface area (Å²) in [5.74, 6) is -2.36. The zero-order valence-electron chi connectivity index (χ0n) is 11.1. The Labute approximate surface area is 124 Å². The van der Waals surface area contributed by atoms with Crippen molar-refractivity contribution in [3.8, 4) is 6.07 Å². The van der Waals surface area contributed by atoms with Gasteiger partial charge < -0.3 is 4.84 Å². The van der Waals surface area contributed by atoms with Gasteiger partial charge in [-0.25, -0.2) is 9.48 Å². The lowest BCUT2D eigenvalue weighted by molar-refractivity contribution is -0.0592. The van der Waals surface area contributed by atoms with Crippen LogP contribution in [0.2, 0.25) is 0 Å². The number of imide groups is 1. The van der Waals surface area contributed by atoms with Crippen LogP contribution >= 0.6 is 0 Å². The van der Waals surface area contributed by atoms with Gasteiger partial charge in [-0.2, -0.15) is 10.4 Å². The number of benzene rings is 1. The molecule has 1 aliphatic heterocycles. The molecule has 2 amide bonds. The first-order valence-corrected chi connectivity index (χ1v) is 6.22. The Bertz CT molecular complexity index is 798. The molecule has 2 aromatic rings. The molecular formula is C14H8N4O4. The van der Waals surface area contributed by atoms with Crippen molar-refractivity contribution in [2.24, 2.45) is 0 Å². The van der Waals surface area contributed by atoms with Gasteiger partial charge in [0.15, 0.2) is 0 Å². The molecular weight excluding hydrogens is 288 g/mol. The number of hydrogen-bond acceptors (Lipinski definition) is 6. The summed E-state index contributed by atoms with van der Waals surface area (Å²) in [5.41, 5.74) is 0.315. The minimum atomic E-state index is -0.942. The Kier molecular flexibility index (Phi) is 3.16. The summed E-state index contributed by atoms with van der Waals surface area (Å²) in [7, 11) is 0. The van der Waals surface area contributed by atoms with E-state index < -0.39 is 17.8 Å². The van der Waals surface area contributed by atoms with Gasteiger partial charge >= 0.3 is 5.97 Å². The Hall–Kier alpha value is -3.47. The average Bonchev–Trinajstić information content (AvgIpc) is 3.07. The van der Waals surface area contributed by atoms with E-state index in [0.717, 1.165) is 4.68 Å². The molecule has 0 saturated carbocycles. The van der Waals surface area contributed by atoms with Crippen LogP contribution in [0, 0.1) is 11.3 Å². The third kappa shape index (κ3) is 2.01. The number of rotatable bonds is 3. The second-order valence-electron chi connectivity index (χ2n) is 4.36. The van der Waals surface area contributed by atoms with Crippen molar-refractivity contribution in [2.45, 2.75) is 6.54 Å². The molecule has 0 N–H and O–H groups in total. The van der Waals surface area contributed by atoms with Crippen LogP contribution in [-0.4, -0.2) is 32.6 Å². The molecule has 3 rings (SSSR count). The van der Waals surface area contributed by atoms with Gasteiger partial charge in [-0.3, -0.25) is 9.59 Å². The van der Waals surface area contributed by atoms with E-state index in [9.17, 15) is 14.4 Å². The van der Waals surface area contributed by atoms with Gasteiger partial charge in [0.1, 0.15) is 12.2 Å². The molecule has 2 heterocycles. The smallest absolute Gasteiger partial charge is 0.323 e. The second-order valence-corrected chi connectivity index (χ2v) is 4.36. The van der Waals surface area contributed by atoms with Crippen LogP contribution in [0.4, 0.5) is 0 Å². The third-order valence-electron chi connectivity index (χ3n) is 3.08. The van der Waals surface area contributed by atoms with Gasteiger partial charge in [0.05, 0.1) is 17.2 Å². The number of fused-ring (bicyclic) bond motifs is 1. The number of carbonyl (C=O) groups excluding carboxylic acids is 3. The lowest BCUT2D eigenvalue weighted by atomic mass is 10.1. The third-order valence-corrected chi connectivity index (χ3v) is 3.08. The van der Waals surface area contributed by atoms with E-state index in [4.69, 9.17) is 10.1 Å². The van der Waals surface area contributed by atoms with E-state index in [0.29, 0.717) is 5.06 Å². The van der Waals surface area contributed by atoms with Gasteiger partial charge in [0.2, 0.25) is 0 Å². The summed E-state index contributed by atoms with van der Waals surface area (Å²) in [4.78, 5) is 41.1. The van der Waals surface area contributed by atoms with E-state index in [2.05, 4.69) is 5.10 Å². The Morgan fingerprint density at radius 3 is 2.41 bits per heavy atom. The van der Waals surface area contributed by atoms with E-state index in [1.807, 2.05) is 6.07 Å². The van der Waals surface area contributed by atoms with Crippen LogP contribution in [-0.2, 0) is 11.4 Å². The molecule has 0 atom stereocenters. The number of amides is 2. The van der Waals surface area contributed by atoms with Crippen LogP contribution < -0.4 is 0 Å². The van der Waals surface area contributed by atoms with Crippen LogP contribution in [0.1, 0.15) is 31.2 Å². The fourth-order valence-corrected chi connectivity index (χ4v) is 2.08. The standard InChI is InChI=1S/C14H8N4O4/c15-6-8-17-11(5-7-16-17)14(21)22-18-12(19)9-3-1-2-4-10(9)13(18)20/h1-5,7H,8H2. The lowest BCUT2D eigenvalue weighted by Crippen LogP contribution is -2.33. The Balaban J connectivity index is 1.84. The number of carbonyl (C=O) groups is 3. The van der Waals surface area contributed by atoms with E-state index in [-0.39, 0.29) is 23.4 Å². The highest BCUT2D eigenvalue weighted by Crippen LogP contribution is 2.23. The van der Waals surface area contributed by atoms with Crippen molar-refractivity contribution in [3.05, 3.63) is 53.3 Å². The van der Waals surface area contributed by atoms with Crippen LogP contribution in [0.3, 0.4) is 0 Å². The zero-order chi connectivity index (χ0) is 15.7. The monoisotopic (exact) mass is 296 g/mol. The SMILES string of the molecule is N#CCn1nccc1C(=O)ON1C(=O)c2ccccc2C1=O. The van der Waals surface area contributed by atoms with Gasteiger partial charge in [-0.1, -0.05) is 17.2 Å². The molecule has 0 aliphatic carbocycles. The van der Waals surface area contributed by atoms with Crippen molar-refractivity contribution in [1.82, 2.24) is 14.8 Å². The first kappa shape index (κ1) is 13.5. The van der Waals surface area contributed by atoms with Gasteiger partial charge in [-0.05, 0) is 18.2 Å². The van der Waals surface area contributed by atoms with Crippen molar-refractivity contribution in [3.63, 3.8) is 0 Å². The van der Waals surface area contributed by atoms with Crippen LogP contribution in [0.5, 0.6) is 0 Å². The molecule has 1 aliphatic rings. The number of hydroxylamine groups is 2. The zero-order valence-corrected chi connectivity index (χ0v) is 11.1. The van der Waals surface area contributed by atoms with Crippen molar-refractivity contribution < 1.29 is 19.2 Å². The van der Waals surface area contributed by atoms with Gasteiger partial charge in [-0.15, -0.1) is 0 Å². The first-order chi connectivity index (χ1) is 10.6. The van der Waals surface area contributed by atoms with Gasteiger partial charge in [0, 0.05) is 6.20 Å². The molecule has 22 heavy (non-hydrogen) atoms. The number of nitrogens with zero attached hydrogens (tertiary/aromatic N) is 4. The highest BCUT2D eigenvalue weighted by molar-refractivity contribution is 6.21. The summed E-state index contributed by atoms with van der Waals surface area (Å²) < 4.78 is 1.11. The minimum absolute atomic E-state index is 0.0295. The normalized spacial score (nSPS) is 13.0. The maximum absolute atomic E-state index is 12.1. The van der Waals surface area contributed by atoms with Crippen LogP contribution in [0.15, 0.2) is 36.5 Å². The number of aromatic nitrogens is 2. The summed E-state index contributed by atoms with van der Waals surface area (Å²) >= 11 is 0. The molecule has 8 heteroatoms. The molecule has 0 bridgehead atoms. The van der Waals surface area contributed by atoms with E-state index in [1.54, 1.807) is 12.1 Å². The topological polar surface area (TPSA) is 105 Å². The summed E-state index contributed by atoms with van der Waals surface area (Å²) in [6, 6.07) is 9.34. The largest absolute Gasteiger partial charge is 0.381 e. The maximum Gasteiger partial charge on any atom is 0.381 e. The molecule has 108 valence electrons. The summed E-state index contributed by atoms with van der Waals surface area (Å²) in [6.45, 7) is -0.153. The summed E-state index contributed by atoms with van der Waals surface area (Å²) in [5, 5.41) is 12.8. The number of nitriles is 1. The highest BCUT2D eigenvalue weighted by Gasteiger charge is 2.39. The number of hydrogen-bond donors (Lipinski definition) is 0. The second kappa shape index (κ2) is 5.14. The van der Waals surface area contributed by atoms with E-state index in [1.165, 1.54) is 24.4 Å². The first-order valence-electron chi connectivity index (χ1n) is 6.22. The molecule has 0 unspecified atom stereocenters.